The van der Waals surface area contributed by atoms with E-state index in [4.69, 9.17) is 14.5 Å². The van der Waals surface area contributed by atoms with Gasteiger partial charge in [-0.25, -0.2) is 0 Å². The van der Waals surface area contributed by atoms with Crippen molar-refractivity contribution in [1.82, 2.24) is 10.2 Å². The molecule has 9 nitrogen and oxygen atoms in total. The summed E-state index contributed by atoms with van der Waals surface area (Å²) >= 11 is 0. The van der Waals surface area contributed by atoms with Crippen molar-refractivity contribution in [3.63, 3.8) is 0 Å². The molecule has 0 aromatic heterocycles. The molecule has 2 aromatic rings. The van der Waals surface area contributed by atoms with Crippen LogP contribution in [0.25, 0.3) is 0 Å². The van der Waals surface area contributed by atoms with E-state index in [9.17, 15) is 9.59 Å². The van der Waals surface area contributed by atoms with Crippen molar-refractivity contribution in [3.05, 3.63) is 42.0 Å². The van der Waals surface area contributed by atoms with Gasteiger partial charge in [-0.1, -0.05) is 6.92 Å². The molecule has 2 aliphatic rings. The number of hydrogen-bond acceptors (Lipinski definition) is 7. The second-order valence-corrected chi connectivity index (χ2v) is 8.67. The van der Waals surface area contributed by atoms with E-state index in [2.05, 4.69) is 15.5 Å². The number of methoxy groups -OCH3 is 2. The number of amides is 2. The van der Waals surface area contributed by atoms with Crippen LogP contribution in [0.4, 0.5) is 17.1 Å². The molecule has 35 heavy (non-hydrogen) atoms. The smallest absolute Gasteiger partial charge is 0.240 e. The number of hydrogen-bond donors (Lipinski definition) is 2. The summed E-state index contributed by atoms with van der Waals surface area (Å²) in [7, 11) is 4.93. The predicted octanol–water partition coefficient (Wildman–Crippen LogP) is 2.79. The molecule has 2 N–H and O–H groups in total. The third-order valence-electron chi connectivity index (χ3n) is 6.53. The van der Waals surface area contributed by atoms with Crippen LogP contribution in [0.5, 0.6) is 11.5 Å². The highest BCUT2D eigenvalue weighted by Crippen LogP contribution is 2.42. The van der Waals surface area contributed by atoms with Crippen LogP contribution < -0.4 is 25.0 Å². The molecule has 0 saturated carbocycles. The Morgan fingerprint density at radius 1 is 1.11 bits per heavy atom. The number of carbonyl (C=O) groups is 2. The molecule has 1 fully saturated rings. The van der Waals surface area contributed by atoms with E-state index in [0.717, 1.165) is 48.8 Å². The van der Waals surface area contributed by atoms with Gasteiger partial charge in [-0.2, -0.15) is 0 Å². The zero-order valence-electron chi connectivity index (χ0n) is 20.8. The molecule has 0 spiro atoms. The van der Waals surface area contributed by atoms with Crippen LogP contribution in [0.3, 0.4) is 0 Å². The fraction of sp³-hybridized carbons (Fsp3) is 0.423. The van der Waals surface area contributed by atoms with Crippen LogP contribution in [0, 0.1) is 0 Å². The molecule has 4 rings (SSSR count). The topological polar surface area (TPSA) is 95.5 Å². The Bertz CT molecular complexity index is 1110. The standard InChI is InChI=1S/C26H33N5O4/c1-5-20(25-19-14-22(34-3)23(35-4)15-21(19)29-26(25)33)28-17-6-8-18(9-7-17)30(2)24(32)16-31-12-10-27-11-13-31/h6-9,14-15,25,27H,5,10-13,16H2,1-4H3,(H,29,33). The number of benzene rings is 2. The van der Waals surface area contributed by atoms with Gasteiger partial charge in [0.15, 0.2) is 11.5 Å². The van der Waals surface area contributed by atoms with E-state index in [1.165, 1.54) is 0 Å². The van der Waals surface area contributed by atoms with Crippen LogP contribution in [0.1, 0.15) is 24.8 Å². The van der Waals surface area contributed by atoms with Gasteiger partial charge in [-0.15, -0.1) is 0 Å². The summed E-state index contributed by atoms with van der Waals surface area (Å²) in [5.41, 5.74) is 3.82. The lowest BCUT2D eigenvalue weighted by atomic mass is 9.93. The van der Waals surface area contributed by atoms with Gasteiger partial charge in [-0.3, -0.25) is 19.5 Å². The zero-order chi connectivity index (χ0) is 24.9. The largest absolute Gasteiger partial charge is 0.493 e. The minimum atomic E-state index is -0.502. The first kappa shape index (κ1) is 24.7. The Morgan fingerprint density at radius 2 is 1.77 bits per heavy atom. The second-order valence-electron chi connectivity index (χ2n) is 8.67. The number of rotatable bonds is 8. The molecule has 2 aliphatic heterocycles. The van der Waals surface area contributed by atoms with Gasteiger partial charge >= 0.3 is 0 Å². The third kappa shape index (κ3) is 5.31. The summed E-state index contributed by atoms with van der Waals surface area (Å²) in [5.74, 6) is 0.569. The molecule has 1 saturated heterocycles. The molecule has 1 unspecified atom stereocenters. The maximum Gasteiger partial charge on any atom is 0.240 e. The van der Waals surface area contributed by atoms with Crippen molar-refractivity contribution in [3.8, 4) is 11.5 Å². The van der Waals surface area contributed by atoms with E-state index < -0.39 is 5.92 Å². The van der Waals surface area contributed by atoms with Crippen molar-refractivity contribution < 1.29 is 19.1 Å². The average molecular weight is 480 g/mol. The first-order valence-electron chi connectivity index (χ1n) is 11.9. The highest BCUT2D eigenvalue weighted by atomic mass is 16.5. The summed E-state index contributed by atoms with van der Waals surface area (Å²) in [6.07, 6.45) is 0.608. The summed E-state index contributed by atoms with van der Waals surface area (Å²) in [6, 6.07) is 11.1. The van der Waals surface area contributed by atoms with Gasteiger partial charge in [0, 0.05) is 56.4 Å². The van der Waals surface area contributed by atoms with Crippen LogP contribution in [0.2, 0.25) is 0 Å². The molecule has 2 aromatic carbocycles. The molecule has 9 heteroatoms. The fourth-order valence-corrected chi connectivity index (χ4v) is 4.49. The number of carbonyl (C=O) groups excluding carboxylic acids is 2. The van der Waals surface area contributed by atoms with Crippen molar-refractivity contribution in [1.29, 1.82) is 0 Å². The van der Waals surface area contributed by atoms with Gasteiger partial charge in [0.05, 0.1) is 26.5 Å². The monoisotopic (exact) mass is 479 g/mol. The van der Waals surface area contributed by atoms with Crippen LogP contribution in [-0.2, 0) is 9.59 Å². The predicted molar refractivity (Wildman–Crippen MR) is 137 cm³/mol. The van der Waals surface area contributed by atoms with E-state index in [0.29, 0.717) is 30.2 Å². The van der Waals surface area contributed by atoms with Crippen LogP contribution >= 0.6 is 0 Å². The van der Waals surface area contributed by atoms with Gasteiger partial charge in [0.2, 0.25) is 11.8 Å². The Hall–Kier alpha value is -3.43. The molecule has 0 bridgehead atoms. The number of nitrogens with zero attached hydrogens (tertiary/aromatic N) is 3. The Labute approximate surface area is 206 Å². The van der Waals surface area contributed by atoms with Gasteiger partial charge in [-0.05, 0) is 42.3 Å². The first-order valence-corrected chi connectivity index (χ1v) is 11.9. The second kappa shape index (κ2) is 10.9. The molecule has 0 aliphatic carbocycles. The van der Waals surface area contributed by atoms with Gasteiger partial charge in [0.25, 0.3) is 0 Å². The Balaban J connectivity index is 1.52. The Morgan fingerprint density at radius 3 is 2.40 bits per heavy atom. The van der Waals surface area contributed by atoms with Crippen molar-refractivity contribution in [2.75, 3.05) is 64.2 Å². The molecule has 2 amide bonds. The zero-order valence-corrected chi connectivity index (χ0v) is 20.8. The molecular formula is C26H33N5O4. The van der Waals surface area contributed by atoms with Crippen LogP contribution in [0.15, 0.2) is 41.4 Å². The van der Waals surface area contributed by atoms with E-state index >= 15 is 0 Å². The highest BCUT2D eigenvalue weighted by molar-refractivity contribution is 6.19. The van der Waals surface area contributed by atoms with E-state index in [1.54, 1.807) is 32.2 Å². The Kier molecular flexibility index (Phi) is 7.67. The van der Waals surface area contributed by atoms with Gasteiger partial charge in [0.1, 0.15) is 5.92 Å². The number of piperazine rings is 1. The quantitative estimate of drug-likeness (QED) is 0.566. The maximum absolute atomic E-state index is 12.9. The number of anilines is 2. The third-order valence-corrected chi connectivity index (χ3v) is 6.53. The highest BCUT2D eigenvalue weighted by Gasteiger charge is 2.35. The number of nitrogens with one attached hydrogen (secondary N) is 2. The lowest BCUT2D eigenvalue weighted by Crippen LogP contribution is -2.47. The number of fused-ring (bicyclic) bond motifs is 1. The molecule has 2 heterocycles. The van der Waals surface area contributed by atoms with Crippen LogP contribution in [-0.4, -0.2) is 76.4 Å². The number of ether oxygens (including phenoxy) is 2. The maximum atomic E-state index is 12.9. The molecule has 0 radical (unpaired) electrons. The molecular weight excluding hydrogens is 446 g/mol. The van der Waals surface area contributed by atoms with Crippen molar-refractivity contribution >= 4 is 34.6 Å². The fourth-order valence-electron chi connectivity index (χ4n) is 4.49. The van der Waals surface area contributed by atoms with Crippen molar-refractivity contribution in [2.24, 2.45) is 4.99 Å². The number of likely N-dealkylation sites (N-methyl/N-ethyl adjacent to an activating group) is 1. The molecule has 1 atom stereocenters. The summed E-state index contributed by atoms with van der Waals surface area (Å²) < 4.78 is 10.8. The van der Waals surface area contributed by atoms with E-state index in [-0.39, 0.29) is 11.8 Å². The van der Waals surface area contributed by atoms with E-state index in [1.807, 2.05) is 37.3 Å². The normalized spacial score (nSPS) is 18.1. The minimum Gasteiger partial charge on any atom is -0.493 e. The molecule has 186 valence electrons. The first-order chi connectivity index (χ1) is 16.9. The lowest BCUT2D eigenvalue weighted by molar-refractivity contribution is -0.119. The summed E-state index contributed by atoms with van der Waals surface area (Å²) in [6.45, 7) is 5.97. The lowest BCUT2D eigenvalue weighted by Gasteiger charge is -2.28. The van der Waals surface area contributed by atoms with Gasteiger partial charge < -0.3 is 25.0 Å². The SMILES string of the molecule is CCC(=Nc1ccc(N(C)C(=O)CN2CCNCC2)cc1)C1C(=O)Nc2cc(OC)c(OC)cc21. The average Bonchev–Trinajstić information content (AvgIpc) is 3.21. The summed E-state index contributed by atoms with van der Waals surface area (Å²) in [5, 5.41) is 6.24. The minimum absolute atomic E-state index is 0.0565. The van der Waals surface area contributed by atoms with Crippen molar-refractivity contribution in [2.45, 2.75) is 19.3 Å². The summed E-state index contributed by atoms with van der Waals surface area (Å²) in [4.78, 5) is 34.2. The number of aliphatic imine (C=N–C) groups is 1.